The third-order valence-electron chi connectivity index (χ3n) is 6.95. The largest absolute Gasteiger partial charge is 0.308 e. The first-order valence-corrected chi connectivity index (χ1v) is 11.5. The van der Waals surface area contributed by atoms with Gasteiger partial charge in [-0.05, 0) is 43.0 Å². The number of nitrogens with zero attached hydrogens (tertiary/aromatic N) is 4. The molecule has 3 aromatic rings. The second-order valence-electron chi connectivity index (χ2n) is 8.81. The molecule has 2 heterocycles. The SMILES string of the molecule is [C-]#[N+]C1=C[C@@]2(C)c3nc(-c4ccncc4)nc(-c4ccc(Cl)c(Cl)c4)c3CC[C@@H]2[C@@H](C)C1=O. The van der Waals surface area contributed by atoms with Crippen LogP contribution in [0.3, 0.4) is 0 Å². The van der Waals surface area contributed by atoms with E-state index in [1.54, 1.807) is 18.5 Å². The summed E-state index contributed by atoms with van der Waals surface area (Å²) in [5.74, 6) is 0.306. The number of Topliss-reactive ketones (excluding diaryl/α,β-unsaturated/α-hetero) is 1. The number of fused-ring (bicyclic) bond motifs is 3. The zero-order chi connectivity index (χ0) is 23.3. The van der Waals surface area contributed by atoms with Crippen LogP contribution in [0, 0.1) is 18.4 Å². The van der Waals surface area contributed by atoms with E-state index in [1.165, 1.54) is 0 Å². The van der Waals surface area contributed by atoms with Gasteiger partial charge in [-0.2, -0.15) is 0 Å². The third kappa shape index (κ3) is 3.45. The standard InChI is InChI=1S/C26H20Cl2N4O/c1-14-18-6-5-17-22(16-4-7-19(27)20(28)12-16)31-25(15-8-10-30-11-9-15)32-24(17)26(18,2)13-21(29-3)23(14)33/h4,7-14,18H,5-6H2,1-2H3/t14-,18-,26-/m1/s1. The number of aromatic nitrogens is 3. The smallest absolute Gasteiger partial charge is 0.226 e. The number of allylic oxidation sites excluding steroid dienone is 2. The highest BCUT2D eigenvalue weighted by Crippen LogP contribution is 2.51. The molecule has 0 spiro atoms. The number of rotatable bonds is 2. The van der Waals surface area contributed by atoms with Crippen molar-refractivity contribution >= 4 is 29.0 Å². The number of hydrogen-bond donors (Lipinski definition) is 0. The van der Waals surface area contributed by atoms with Crippen LogP contribution in [0.15, 0.2) is 54.5 Å². The average molecular weight is 475 g/mol. The highest BCUT2D eigenvalue weighted by molar-refractivity contribution is 6.42. The Hall–Kier alpha value is -3.07. The van der Waals surface area contributed by atoms with Gasteiger partial charge in [-0.1, -0.05) is 49.2 Å². The number of ketones is 1. The minimum absolute atomic E-state index is 0.0600. The normalized spacial score (nSPS) is 23.8. The Balaban J connectivity index is 1.82. The van der Waals surface area contributed by atoms with E-state index in [4.69, 9.17) is 39.7 Å². The molecule has 0 saturated heterocycles. The number of carbonyl (C=O) groups excluding carboxylic acids is 1. The van der Waals surface area contributed by atoms with Gasteiger partial charge in [0.15, 0.2) is 11.6 Å². The molecule has 2 aliphatic rings. The van der Waals surface area contributed by atoms with E-state index in [2.05, 4.69) is 16.8 Å². The molecule has 0 amide bonds. The Bertz CT molecular complexity index is 1360. The van der Waals surface area contributed by atoms with Crippen LogP contribution in [0.25, 0.3) is 27.5 Å². The quantitative estimate of drug-likeness (QED) is 0.405. The predicted molar refractivity (Wildman–Crippen MR) is 129 cm³/mol. The minimum Gasteiger partial charge on any atom is -0.308 e. The molecular formula is C26H20Cl2N4O. The number of pyridine rings is 1. The fraction of sp³-hybridized carbons (Fsp3) is 0.269. The zero-order valence-electron chi connectivity index (χ0n) is 18.1. The zero-order valence-corrected chi connectivity index (χ0v) is 19.7. The van der Waals surface area contributed by atoms with Crippen LogP contribution < -0.4 is 0 Å². The molecule has 0 unspecified atom stereocenters. The molecule has 2 aromatic heterocycles. The number of hydrogen-bond acceptors (Lipinski definition) is 4. The van der Waals surface area contributed by atoms with Crippen LogP contribution in [0.4, 0.5) is 0 Å². The van der Waals surface area contributed by atoms with Crippen LogP contribution in [0.5, 0.6) is 0 Å². The average Bonchev–Trinajstić information content (AvgIpc) is 2.83. The summed E-state index contributed by atoms with van der Waals surface area (Å²) < 4.78 is 0. The second-order valence-corrected chi connectivity index (χ2v) is 9.62. The molecule has 33 heavy (non-hydrogen) atoms. The molecule has 3 atom stereocenters. The van der Waals surface area contributed by atoms with Crippen molar-refractivity contribution in [2.45, 2.75) is 32.1 Å². The van der Waals surface area contributed by atoms with Crippen LogP contribution in [-0.4, -0.2) is 20.7 Å². The molecule has 2 aliphatic carbocycles. The van der Waals surface area contributed by atoms with Gasteiger partial charge in [0.2, 0.25) is 5.70 Å². The lowest BCUT2D eigenvalue weighted by atomic mass is 9.58. The van der Waals surface area contributed by atoms with Crippen LogP contribution in [0.1, 0.15) is 31.5 Å². The summed E-state index contributed by atoms with van der Waals surface area (Å²) in [6.45, 7) is 11.6. The Morgan fingerprint density at radius 1 is 1.09 bits per heavy atom. The van der Waals surface area contributed by atoms with Crippen molar-refractivity contribution in [3.63, 3.8) is 0 Å². The monoisotopic (exact) mass is 474 g/mol. The van der Waals surface area contributed by atoms with Gasteiger partial charge in [0.25, 0.3) is 0 Å². The van der Waals surface area contributed by atoms with Crippen LogP contribution in [0.2, 0.25) is 10.0 Å². The molecule has 5 rings (SSSR count). The van der Waals surface area contributed by atoms with Gasteiger partial charge in [0.05, 0.1) is 28.0 Å². The molecule has 1 aromatic carbocycles. The van der Waals surface area contributed by atoms with E-state index in [0.29, 0.717) is 15.9 Å². The second kappa shape index (κ2) is 8.06. The Morgan fingerprint density at radius 3 is 2.55 bits per heavy atom. The number of carbonyl (C=O) groups is 1. The van der Waals surface area contributed by atoms with E-state index in [0.717, 1.165) is 40.9 Å². The molecular weight excluding hydrogens is 455 g/mol. The van der Waals surface area contributed by atoms with E-state index in [-0.39, 0.29) is 23.3 Å². The highest BCUT2D eigenvalue weighted by atomic mass is 35.5. The van der Waals surface area contributed by atoms with Gasteiger partial charge in [-0.15, -0.1) is 0 Å². The van der Waals surface area contributed by atoms with Crippen LogP contribution >= 0.6 is 23.2 Å². The van der Waals surface area contributed by atoms with E-state index in [9.17, 15) is 4.79 Å². The summed E-state index contributed by atoms with van der Waals surface area (Å²) in [7, 11) is 0. The first-order valence-electron chi connectivity index (χ1n) is 10.7. The maximum absolute atomic E-state index is 12.8. The first kappa shape index (κ1) is 21.8. The molecule has 0 aliphatic heterocycles. The number of halogens is 2. The molecule has 0 saturated carbocycles. The van der Waals surface area contributed by atoms with Crippen molar-refractivity contribution < 1.29 is 4.79 Å². The van der Waals surface area contributed by atoms with Gasteiger partial charge in [0.1, 0.15) is 0 Å². The Morgan fingerprint density at radius 2 is 1.85 bits per heavy atom. The topological polar surface area (TPSA) is 60.1 Å². The minimum atomic E-state index is -0.559. The van der Waals surface area contributed by atoms with Gasteiger partial charge in [-0.25, -0.2) is 14.8 Å². The summed E-state index contributed by atoms with van der Waals surface area (Å²) in [5, 5.41) is 0.938. The Kier molecular flexibility index (Phi) is 5.31. The summed E-state index contributed by atoms with van der Waals surface area (Å²) >= 11 is 12.5. The van der Waals surface area contributed by atoms with Crippen molar-refractivity contribution in [3.8, 4) is 22.6 Å². The fourth-order valence-corrected chi connectivity index (χ4v) is 5.56. The third-order valence-corrected chi connectivity index (χ3v) is 7.69. The van der Waals surface area contributed by atoms with E-state index >= 15 is 0 Å². The molecule has 0 radical (unpaired) electrons. The van der Waals surface area contributed by atoms with E-state index in [1.807, 2.05) is 37.3 Å². The van der Waals surface area contributed by atoms with Gasteiger partial charge < -0.3 is 4.79 Å². The molecule has 7 heteroatoms. The summed E-state index contributed by atoms with van der Waals surface area (Å²) in [6.07, 6.45) is 6.79. The maximum Gasteiger partial charge on any atom is 0.226 e. The van der Waals surface area contributed by atoms with Crippen molar-refractivity contribution in [1.29, 1.82) is 0 Å². The molecule has 164 valence electrons. The highest BCUT2D eigenvalue weighted by Gasteiger charge is 2.49. The van der Waals surface area contributed by atoms with Crippen molar-refractivity contribution in [2.24, 2.45) is 11.8 Å². The van der Waals surface area contributed by atoms with Gasteiger partial charge >= 0.3 is 0 Å². The van der Waals surface area contributed by atoms with Gasteiger partial charge in [0, 0.05) is 40.4 Å². The van der Waals surface area contributed by atoms with Crippen molar-refractivity contribution in [2.75, 3.05) is 0 Å². The van der Waals surface area contributed by atoms with Crippen LogP contribution in [-0.2, 0) is 16.6 Å². The van der Waals surface area contributed by atoms with Crippen molar-refractivity contribution in [1.82, 2.24) is 15.0 Å². The van der Waals surface area contributed by atoms with Gasteiger partial charge in [-0.3, -0.25) is 4.98 Å². The molecule has 0 N–H and O–H groups in total. The first-order chi connectivity index (χ1) is 15.8. The number of benzene rings is 1. The lowest BCUT2D eigenvalue weighted by molar-refractivity contribution is -0.121. The molecule has 0 fully saturated rings. The molecule has 5 nitrogen and oxygen atoms in total. The Labute approximate surface area is 202 Å². The summed E-state index contributed by atoms with van der Waals surface area (Å²) in [6, 6.07) is 9.25. The molecule has 0 bridgehead atoms. The maximum atomic E-state index is 12.8. The van der Waals surface area contributed by atoms with Crippen molar-refractivity contribution in [3.05, 3.63) is 87.2 Å². The summed E-state index contributed by atoms with van der Waals surface area (Å²) in [4.78, 5) is 30.4. The van der Waals surface area contributed by atoms with E-state index < -0.39 is 5.41 Å². The summed E-state index contributed by atoms with van der Waals surface area (Å²) in [5.41, 5.74) is 4.01. The predicted octanol–water partition coefficient (Wildman–Crippen LogP) is 6.35. The fourth-order valence-electron chi connectivity index (χ4n) is 5.26. The lowest BCUT2D eigenvalue weighted by Crippen LogP contribution is -2.46. The lowest BCUT2D eigenvalue weighted by Gasteiger charge is -2.46.